The van der Waals surface area contributed by atoms with Crippen molar-refractivity contribution in [3.63, 3.8) is 0 Å². The summed E-state index contributed by atoms with van der Waals surface area (Å²) >= 11 is 0. The smallest absolute Gasteiger partial charge is 0.242 e. The van der Waals surface area contributed by atoms with Crippen LogP contribution in [0.1, 0.15) is 25.7 Å². The molecule has 0 aliphatic carbocycles. The molecular formula is C21H29N3O4S. The van der Waals surface area contributed by atoms with Gasteiger partial charge in [-0.25, -0.2) is 8.42 Å². The predicted molar refractivity (Wildman–Crippen MR) is 109 cm³/mol. The Bertz CT molecular complexity index is 873. The Kier molecular flexibility index (Phi) is 5.66. The Hall–Kier alpha value is -1.93. The highest BCUT2D eigenvalue weighted by Crippen LogP contribution is 2.41. The number of fused-ring (bicyclic) bond motifs is 4. The molecule has 4 rings (SSSR count). The molecule has 0 spiro atoms. The molecule has 4 atom stereocenters. The largest absolute Gasteiger partial charge is 0.357 e. The van der Waals surface area contributed by atoms with E-state index in [0.29, 0.717) is 30.3 Å². The van der Waals surface area contributed by atoms with Gasteiger partial charge in [-0.3, -0.25) is 9.59 Å². The molecule has 3 heterocycles. The molecule has 3 aliphatic heterocycles. The quantitative estimate of drug-likeness (QED) is 0.767. The standard InChI is InChI=1S/C21H29N3O4S/c1-22-21(26)20-16-12-15(18-8-5-9-19(25)24(18)20)13-23(14-16)10-11-29(27,28)17-6-3-2-4-7-17/h2-4,6-7,15-16,18,20H,5,8-14H2,1H3,(H,22,26)/t15-,16+,18+,20-/m1/s1. The molecule has 3 saturated heterocycles. The lowest BCUT2D eigenvalue weighted by Gasteiger charge is -2.55. The predicted octanol–water partition coefficient (Wildman–Crippen LogP) is 0.908. The molecule has 3 aliphatic rings. The Labute approximate surface area is 172 Å². The van der Waals surface area contributed by atoms with Gasteiger partial charge in [0, 0.05) is 45.1 Å². The van der Waals surface area contributed by atoms with Crippen molar-refractivity contribution in [3.05, 3.63) is 30.3 Å². The number of nitrogens with one attached hydrogen (secondary N) is 1. The van der Waals surface area contributed by atoms with Gasteiger partial charge in [-0.1, -0.05) is 18.2 Å². The van der Waals surface area contributed by atoms with Gasteiger partial charge in [0.1, 0.15) is 6.04 Å². The van der Waals surface area contributed by atoms with E-state index in [1.807, 2.05) is 4.90 Å². The molecule has 0 saturated carbocycles. The molecule has 3 fully saturated rings. The maximum atomic E-state index is 12.7. The summed E-state index contributed by atoms with van der Waals surface area (Å²) in [5.41, 5.74) is 0. The normalized spacial score (nSPS) is 30.0. The fourth-order valence-corrected chi connectivity index (χ4v) is 6.72. The highest BCUT2D eigenvalue weighted by atomic mass is 32.2. The molecule has 2 bridgehead atoms. The molecule has 158 valence electrons. The monoisotopic (exact) mass is 419 g/mol. The number of carbonyl (C=O) groups excluding carboxylic acids is 2. The zero-order chi connectivity index (χ0) is 20.6. The van der Waals surface area contributed by atoms with Crippen LogP contribution in [0.5, 0.6) is 0 Å². The topological polar surface area (TPSA) is 86.8 Å². The zero-order valence-electron chi connectivity index (χ0n) is 16.8. The summed E-state index contributed by atoms with van der Waals surface area (Å²) in [6, 6.07) is 8.19. The van der Waals surface area contributed by atoms with E-state index < -0.39 is 15.9 Å². The lowest BCUT2D eigenvalue weighted by Crippen LogP contribution is -2.68. The number of carbonyl (C=O) groups is 2. The van der Waals surface area contributed by atoms with Crippen LogP contribution in [0.3, 0.4) is 0 Å². The summed E-state index contributed by atoms with van der Waals surface area (Å²) in [4.78, 5) is 29.7. The van der Waals surface area contributed by atoms with Gasteiger partial charge >= 0.3 is 0 Å². The zero-order valence-corrected chi connectivity index (χ0v) is 17.6. The van der Waals surface area contributed by atoms with E-state index in [-0.39, 0.29) is 29.5 Å². The van der Waals surface area contributed by atoms with Crippen molar-refractivity contribution in [2.75, 3.05) is 32.4 Å². The lowest BCUT2D eigenvalue weighted by molar-refractivity contribution is -0.160. The molecular weight excluding hydrogens is 390 g/mol. The minimum absolute atomic E-state index is 0.0476. The summed E-state index contributed by atoms with van der Waals surface area (Å²) in [6.45, 7) is 1.89. The molecule has 0 radical (unpaired) electrons. The van der Waals surface area contributed by atoms with E-state index >= 15 is 0 Å². The number of sulfone groups is 1. The highest BCUT2D eigenvalue weighted by Gasteiger charge is 2.51. The lowest BCUT2D eigenvalue weighted by atomic mass is 9.72. The van der Waals surface area contributed by atoms with E-state index in [4.69, 9.17) is 0 Å². The number of nitrogens with zero attached hydrogens (tertiary/aromatic N) is 2. The van der Waals surface area contributed by atoms with Crippen LogP contribution in [-0.2, 0) is 19.4 Å². The van der Waals surface area contributed by atoms with Gasteiger partial charge < -0.3 is 15.1 Å². The molecule has 1 aromatic carbocycles. The Morgan fingerprint density at radius 3 is 2.62 bits per heavy atom. The van der Waals surface area contributed by atoms with Crippen LogP contribution in [0.15, 0.2) is 35.2 Å². The highest BCUT2D eigenvalue weighted by molar-refractivity contribution is 7.91. The number of piperidine rings is 3. The Balaban J connectivity index is 1.50. The maximum Gasteiger partial charge on any atom is 0.242 e. The van der Waals surface area contributed by atoms with Gasteiger partial charge in [0.15, 0.2) is 9.84 Å². The first-order valence-electron chi connectivity index (χ1n) is 10.4. The van der Waals surface area contributed by atoms with Crippen LogP contribution in [0.4, 0.5) is 0 Å². The molecule has 1 aromatic rings. The fraction of sp³-hybridized carbons (Fsp3) is 0.619. The van der Waals surface area contributed by atoms with Gasteiger partial charge in [-0.05, 0) is 37.3 Å². The number of hydrogen-bond donors (Lipinski definition) is 1. The molecule has 8 heteroatoms. The van der Waals surface area contributed by atoms with Gasteiger partial charge in [0.2, 0.25) is 11.8 Å². The Morgan fingerprint density at radius 2 is 1.90 bits per heavy atom. The van der Waals surface area contributed by atoms with Gasteiger partial charge in [-0.15, -0.1) is 0 Å². The number of amides is 2. The van der Waals surface area contributed by atoms with E-state index in [2.05, 4.69) is 10.2 Å². The third-order valence-electron chi connectivity index (χ3n) is 6.71. The second kappa shape index (κ2) is 8.07. The van der Waals surface area contributed by atoms with E-state index in [1.54, 1.807) is 37.4 Å². The van der Waals surface area contributed by atoms with Crippen molar-refractivity contribution < 1.29 is 18.0 Å². The average Bonchev–Trinajstić information content (AvgIpc) is 2.73. The molecule has 29 heavy (non-hydrogen) atoms. The summed E-state index contributed by atoms with van der Waals surface area (Å²) < 4.78 is 25.3. The minimum atomic E-state index is -3.34. The van der Waals surface area contributed by atoms with Crippen molar-refractivity contribution in [3.8, 4) is 0 Å². The fourth-order valence-electron chi connectivity index (χ4n) is 5.42. The molecule has 0 aromatic heterocycles. The number of benzene rings is 1. The minimum Gasteiger partial charge on any atom is -0.357 e. The summed E-state index contributed by atoms with van der Waals surface area (Å²) in [7, 11) is -1.72. The molecule has 0 unspecified atom stereocenters. The van der Waals surface area contributed by atoms with Gasteiger partial charge in [0.05, 0.1) is 10.6 Å². The first-order valence-corrected chi connectivity index (χ1v) is 12.1. The van der Waals surface area contributed by atoms with Crippen molar-refractivity contribution >= 4 is 21.7 Å². The van der Waals surface area contributed by atoms with Crippen molar-refractivity contribution in [2.24, 2.45) is 11.8 Å². The summed E-state index contributed by atoms with van der Waals surface area (Å²) in [5, 5.41) is 2.74. The van der Waals surface area contributed by atoms with Crippen LogP contribution >= 0.6 is 0 Å². The number of rotatable bonds is 5. The molecule has 1 N–H and O–H groups in total. The van der Waals surface area contributed by atoms with Crippen LogP contribution in [0, 0.1) is 11.8 Å². The second-order valence-electron chi connectivity index (χ2n) is 8.47. The van der Waals surface area contributed by atoms with Crippen LogP contribution in [0.25, 0.3) is 0 Å². The van der Waals surface area contributed by atoms with Gasteiger partial charge in [-0.2, -0.15) is 0 Å². The SMILES string of the molecule is CNC(=O)[C@H]1[C@H]2C[C@H](CN(CCS(=O)(=O)c3ccccc3)C2)[C@@H]2CCCC(=O)N21. The first-order chi connectivity index (χ1) is 13.9. The van der Waals surface area contributed by atoms with Crippen molar-refractivity contribution in [1.82, 2.24) is 15.1 Å². The van der Waals surface area contributed by atoms with Crippen molar-refractivity contribution in [1.29, 1.82) is 0 Å². The molecule has 7 nitrogen and oxygen atoms in total. The second-order valence-corrected chi connectivity index (χ2v) is 10.6. The third-order valence-corrected chi connectivity index (χ3v) is 8.42. The van der Waals surface area contributed by atoms with Crippen LogP contribution < -0.4 is 5.32 Å². The third kappa shape index (κ3) is 3.92. The van der Waals surface area contributed by atoms with E-state index in [1.165, 1.54) is 0 Å². The number of likely N-dealkylation sites (N-methyl/N-ethyl adjacent to an activating group) is 1. The van der Waals surface area contributed by atoms with E-state index in [9.17, 15) is 18.0 Å². The Morgan fingerprint density at radius 1 is 1.17 bits per heavy atom. The summed E-state index contributed by atoms with van der Waals surface area (Å²) in [6.07, 6.45) is 3.23. The molecule has 2 amide bonds. The van der Waals surface area contributed by atoms with Crippen LogP contribution in [0.2, 0.25) is 0 Å². The van der Waals surface area contributed by atoms with Crippen molar-refractivity contribution in [2.45, 2.75) is 42.7 Å². The number of hydrogen-bond acceptors (Lipinski definition) is 5. The van der Waals surface area contributed by atoms with Crippen LogP contribution in [-0.4, -0.2) is 74.6 Å². The van der Waals surface area contributed by atoms with Gasteiger partial charge in [0.25, 0.3) is 0 Å². The van der Waals surface area contributed by atoms with E-state index in [0.717, 1.165) is 25.8 Å². The number of likely N-dealkylation sites (tertiary alicyclic amines) is 1. The summed E-state index contributed by atoms with van der Waals surface area (Å²) in [5.74, 6) is 0.399. The average molecular weight is 420 g/mol. The first kappa shape index (κ1) is 20.3. The maximum absolute atomic E-state index is 12.7.